The number of benzene rings is 1. The first kappa shape index (κ1) is 11.2. The van der Waals surface area contributed by atoms with Crippen molar-refractivity contribution in [2.45, 2.75) is 13.8 Å². The molecule has 0 aliphatic heterocycles. The summed E-state index contributed by atoms with van der Waals surface area (Å²) in [6.07, 6.45) is 0. The number of aryl methyl sites for hydroxylation is 2. The van der Waals surface area contributed by atoms with E-state index in [1.807, 2.05) is 32.0 Å². The van der Waals surface area contributed by atoms with Crippen LogP contribution in [0.25, 0.3) is 11.5 Å². The number of methoxy groups -OCH3 is 1. The summed E-state index contributed by atoms with van der Waals surface area (Å²) in [5.41, 5.74) is 1.75. The van der Waals surface area contributed by atoms with E-state index in [-0.39, 0.29) is 0 Å². The third-order valence-electron chi connectivity index (χ3n) is 2.42. The van der Waals surface area contributed by atoms with Gasteiger partial charge in [0.05, 0.1) is 18.4 Å². The standard InChI is InChI=1S/C12H12BrNO2/c1-7-8(2)16-12(14-7)10-6-9(13)4-5-11(10)15-3/h4-6H,1-3H3. The van der Waals surface area contributed by atoms with Crippen LogP contribution in [0.2, 0.25) is 0 Å². The molecule has 0 bridgehead atoms. The zero-order chi connectivity index (χ0) is 11.7. The Morgan fingerprint density at radius 3 is 2.62 bits per heavy atom. The maximum Gasteiger partial charge on any atom is 0.230 e. The van der Waals surface area contributed by atoms with Crippen LogP contribution in [0.3, 0.4) is 0 Å². The molecule has 84 valence electrons. The van der Waals surface area contributed by atoms with Gasteiger partial charge < -0.3 is 9.15 Å². The molecule has 0 aliphatic carbocycles. The second kappa shape index (κ2) is 4.29. The Hall–Kier alpha value is -1.29. The number of hydrogen-bond acceptors (Lipinski definition) is 3. The normalized spacial score (nSPS) is 10.5. The quantitative estimate of drug-likeness (QED) is 0.841. The molecule has 0 unspecified atom stereocenters. The van der Waals surface area contributed by atoms with Crippen molar-refractivity contribution >= 4 is 15.9 Å². The summed E-state index contributed by atoms with van der Waals surface area (Å²) in [6.45, 7) is 3.82. The van der Waals surface area contributed by atoms with Gasteiger partial charge in [-0.1, -0.05) is 15.9 Å². The van der Waals surface area contributed by atoms with E-state index in [0.29, 0.717) is 5.89 Å². The zero-order valence-corrected chi connectivity index (χ0v) is 11.0. The molecular weight excluding hydrogens is 270 g/mol. The smallest absolute Gasteiger partial charge is 0.230 e. The molecule has 0 radical (unpaired) electrons. The van der Waals surface area contributed by atoms with Gasteiger partial charge in [0.15, 0.2) is 0 Å². The molecule has 0 fully saturated rings. The molecule has 0 atom stereocenters. The summed E-state index contributed by atoms with van der Waals surface area (Å²) < 4.78 is 11.8. The topological polar surface area (TPSA) is 35.3 Å². The predicted octanol–water partition coefficient (Wildman–Crippen LogP) is 3.73. The minimum atomic E-state index is 0.591. The van der Waals surface area contributed by atoms with E-state index in [4.69, 9.17) is 9.15 Å². The van der Waals surface area contributed by atoms with Crippen molar-refractivity contribution in [2.75, 3.05) is 7.11 Å². The number of oxazole rings is 1. The van der Waals surface area contributed by atoms with Crippen LogP contribution >= 0.6 is 15.9 Å². The molecule has 4 heteroatoms. The third-order valence-corrected chi connectivity index (χ3v) is 2.91. The summed E-state index contributed by atoms with van der Waals surface area (Å²) in [5, 5.41) is 0. The summed E-state index contributed by atoms with van der Waals surface area (Å²) in [4.78, 5) is 4.36. The van der Waals surface area contributed by atoms with Gasteiger partial charge in [-0.15, -0.1) is 0 Å². The fourth-order valence-electron chi connectivity index (χ4n) is 1.44. The molecule has 0 N–H and O–H groups in total. The van der Waals surface area contributed by atoms with Crippen molar-refractivity contribution in [3.63, 3.8) is 0 Å². The van der Waals surface area contributed by atoms with Crippen molar-refractivity contribution in [3.05, 3.63) is 34.1 Å². The van der Waals surface area contributed by atoms with Crippen molar-refractivity contribution < 1.29 is 9.15 Å². The van der Waals surface area contributed by atoms with E-state index in [2.05, 4.69) is 20.9 Å². The molecule has 0 spiro atoms. The van der Waals surface area contributed by atoms with E-state index < -0.39 is 0 Å². The Labute approximate surface area is 103 Å². The maximum atomic E-state index is 5.59. The van der Waals surface area contributed by atoms with Crippen LogP contribution in [0.15, 0.2) is 27.1 Å². The number of aromatic nitrogens is 1. The first-order chi connectivity index (χ1) is 7.61. The predicted molar refractivity (Wildman–Crippen MR) is 65.7 cm³/mol. The number of rotatable bonds is 2. The van der Waals surface area contributed by atoms with Gasteiger partial charge in [0.1, 0.15) is 11.5 Å². The highest BCUT2D eigenvalue weighted by Crippen LogP contribution is 2.32. The Balaban J connectivity index is 2.57. The molecule has 1 aromatic carbocycles. The van der Waals surface area contributed by atoms with Crippen molar-refractivity contribution in [1.29, 1.82) is 0 Å². The lowest BCUT2D eigenvalue weighted by Gasteiger charge is -2.05. The Morgan fingerprint density at radius 2 is 2.06 bits per heavy atom. The lowest BCUT2D eigenvalue weighted by atomic mass is 10.2. The van der Waals surface area contributed by atoms with Crippen molar-refractivity contribution in [3.8, 4) is 17.2 Å². The Kier molecular flexibility index (Phi) is 3.01. The molecule has 2 aromatic rings. The van der Waals surface area contributed by atoms with Gasteiger partial charge in [0, 0.05) is 4.47 Å². The van der Waals surface area contributed by atoms with Gasteiger partial charge in [-0.2, -0.15) is 0 Å². The summed E-state index contributed by atoms with van der Waals surface area (Å²) in [5.74, 6) is 2.18. The van der Waals surface area contributed by atoms with E-state index in [1.54, 1.807) is 7.11 Å². The van der Waals surface area contributed by atoms with Gasteiger partial charge >= 0.3 is 0 Å². The first-order valence-electron chi connectivity index (χ1n) is 4.89. The second-order valence-electron chi connectivity index (χ2n) is 3.51. The van der Waals surface area contributed by atoms with E-state index in [9.17, 15) is 0 Å². The van der Waals surface area contributed by atoms with Crippen LogP contribution in [-0.2, 0) is 0 Å². The highest BCUT2D eigenvalue weighted by atomic mass is 79.9. The number of halogens is 1. The monoisotopic (exact) mass is 281 g/mol. The van der Waals surface area contributed by atoms with E-state index in [1.165, 1.54) is 0 Å². The van der Waals surface area contributed by atoms with Crippen LogP contribution in [0.5, 0.6) is 5.75 Å². The maximum absolute atomic E-state index is 5.59. The number of nitrogens with zero attached hydrogens (tertiary/aromatic N) is 1. The largest absolute Gasteiger partial charge is 0.496 e. The van der Waals surface area contributed by atoms with Crippen LogP contribution < -0.4 is 4.74 Å². The van der Waals surface area contributed by atoms with Gasteiger partial charge in [-0.25, -0.2) is 4.98 Å². The van der Waals surface area contributed by atoms with E-state index >= 15 is 0 Å². The van der Waals surface area contributed by atoms with Crippen LogP contribution in [0.4, 0.5) is 0 Å². The molecule has 16 heavy (non-hydrogen) atoms. The molecule has 3 nitrogen and oxygen atoms in total. The minimum Gasteiger partial charge on any atom is -0.496 e. The molecule has 2 rings (SSSR count). The molecule has 0 saturated carbocycles. The minimum absolute atomic E-state index is 0.591. The molecule has 1 aromatic heterocycles. The third kappa shape index (κ3) is 1.97. The van der Waals surface area contributed by atoms with E-state index in [0.717, 1.165) is 27.2 Å². The van der Waals surface area contributed by atoms with Crippen molar-refractivity contribution in [1.82, 2.24) is 4.98 Å². The Bertz CT molecular complexity index is 500. The first-order valence-corrected chi connectivity index (χ1v) is 5.69. The van der Waals surface area contributed by atoms with Gasteiger partial charge in [0.25, 0.3) is 0 Å². The summed E-state index contributed by atoms with van der Waals surface area (Å²) in [7, 11) is 1.63. The summed E-state index contributed by atoms with van der Waals surface area (Å²) >= 11 is 3.42. The summed E-state index contributed by atoms with van der Waals surface area (Å²) in [6, 6.07) is 5.74. The molecule has 0 aliphatic rings. The van der Waals surface area contributed by atoms with Crippen LogP contribution in [0.1, 0.15) is 11.5 Å². The SMILES string of the molecule is COc1ccc(Br)cc1-c1nc(C)c(C)o1. The Morgan fingerprint density at radius 1 is 1.31 bits per heavy atom. The fourth-order valence-corrected chi connectivity index (χ4v) is 1.80. The molecular formula is C12H12BrNO2. The van der Waals surface area contributed by atoms with Crippen LogP contribution in [0, 0.1) is 13.8 Å². The second-order valence-corrected chi connectivity index (χ2v) is 4.42. The van der Waals surface area contributed by atoms with Crippen molar-refractivity contribution in [2.24, 2.45) is 0 Å². The van der Waals surface area contributed by atoms with Gasteiger partial charge in [-0.3, -0.25) is 0 Å². The lowest BCUT2D eigenvalue weighted by molar-refractivity contribution is 0.414. The molecule has 0 amide bonds. The fraction of sp³-hybridized carbons (Fsp3) is 0.250. The molecule has 0 saturated heterocycles. The van der Waals surface area contributed by atoms with Gasteiger partial charge in [0.2, 0.25) is 5.89 Å². The molecule has 1 heterocycles. The van der Waals surface area contributed by atoms with Gasteiger partial charge in [-0.05, 0) is 32.0 Å². The highest BCUT2D eigenvalue weighted by Gasteiger charge is 2.13. The van der Waals surface area contributed by atoms with Crippen LogP contribution in [-0.4, -0.2) is 12.1 Å². The highest BCUT2D eigenvalue weighted by molar-refractivity contribution is 9.10. The average Bonchev–Trinajstić information content (AvgIpc) is 2.59. The zero-order valence-electron chi connectivity index (χ0n) is 9.37. The number of hydrogen-bond donors (Lipinski definition) is 0. The lowest BCUT2D eigenvalue weighted by Crippen LogP contribution is -1.88. The number of ether oxygens (including phenoxy) is 1. The average molecular weight is 282 g/mol.